The maximum atomic E-state index is 12.6. The Bertz CT molecular complexity index is 773. The van der Waals surface area contributed by atoms with Crippen molar-refractivity contribution >= 4 is 29.3 Å². The van der Waals surface area contributed by atoms with Crippen LogP contribution in [-0.2, 0) is 23.4 Å². The van der Waals surface area contributed by atoms with Crippen LogP contribution in [0.5, 0.6) is 0 Å². The molecule has 0 bridgehead atoms. The molecule has 0 fully saturated rings. The number of nitrogens with one attached hydrogen (secondary N) is 1. The van der Waals surface area contributed by atoms with Crippen molar-refractivity contribution in [2.75, 3.05) is 11.1 Å². The van der Waals surface area contributed by atoms with E-state index in [1.807, 2.05) is 36.4 Å². The number of aliphatic carboxylic acids is 1. The molecular formula is C19H19NO3S. The summed E-state index contributed by atoms with van der Waals surface area (Å²) in [6.07, 6.45) is 3.12. The van der Waals surface area contributed by atoms with Gasteiger partial charge in [0.2, 0.25) is 0 Å². The molecule has 0 heterocycles. The predicted molar refractivity (Wildman–Crippen MR) is 96.7 cm³/mol. The van der Waals surface area contributed by atoms with E-state index in [1.54, 1.807) is 0 Å². The lowest BCUT2D eigenvalue weighted by Crippen LogP contribution is -2.14. The smallest absolute Gasteiger partial charge is 0.313 e. The number of benzene rings is 2. The summed E-state index contributed by atoms with van der Waals surface area (Å²) in [4.78, 5) is 23.2. The van der Waals surface area contributed by atoms with E-state index in [0.29, 0.717) is 5.75 Å². The number of thioether (sulfide) groups is 1. The number of aryl methyl sites for hydroxylation is 1. The average Bonchev–Trinajstić information content (AvgIpc) is 3.03. The van der Waals surface area contributed by atoms with Gasteiger partial charge in [0.1, 0.15) is 0 Å². The van der Waals surface area contributed by atoms with Gasteiger partial charge in [0, 0.05) is 17.0 Å². The Morgan fingerprint density at radius 1 is 1.12 bits per heavy atom. The number of amides is 1. The van der Waals surface area contributed by atoms with E-state index in [9.17, 15) is 9.59 Å². The molecule has 1 amide bonds. The summed E-state index contributed by atoms with van der Waals surface area (Å²) in [5.41, 5.74) is 4.95. The van der Waals surface area contributed by atoms with E-state index >= 15 is 0 Å². The van der Waals surface area contributed by atoms with Gasteiger partial charge in [-0.25, -0.2) is 0 Å². The number of anilines is 1. The molecule has 124 valence electrons. The molecule has 0 aromatic heterocycles. The zero-order valence-electron chi connectivity index (χ0n) is 13.2. The lowest BCUT2D eigenvalue weighted by Gasteiger charge is -2.10. The van der Waals surface area contributed by atoms with Gasteiger partial charge in [-0.3, -0.25) is 9.59 Å². The average molecular weight is 341 g/mol. The van der Waals surface area contributed by atoms with Crippen molar-refractivity contribution in [3.8, 4) is 0 Å². The molecule has 2 aromatic rings. The maximum Gasteiger partial charge on any atom is 0.313 e. The van der Waals surface area contributed by atoms with Crippen molar-refractivity contribution in [3.63, 3.8) is 0 Å². The van der Waals surface area contributed by atoms with E-state index < -0.39 is 5.97 Å². The summed E-state index contributed by atoms with van der Waals surface area (Å²) < 4.78 is 0. The second-order valence-corrected chi connectivity index (χ2v) is 6.82. The van der Waals surface area contributed by atoms with E-state index in [1.165, 1.54) is 22.9 Å². The molecule has 0 aliphatic heterocycles. The molecule has 4 nitrogen and oxygen atoms in total. The Labute approximate surface area is 145 Å². The molecule has 1 aliphatic carbocycles. The number of carboxylic acid groups (broad SMARTS) is 1. The van der Waals surface area contributed by atoms with Gasteiger partial charge in [0.25, 0.3) is 5.91 Å². The van der Waals surface area contributed by atoms with E-state index in [2.05, 4.69) is 11.4 Å². The van der Waals surface area contributed by atoms with Crippen molar-refractivity contribution in [2.24, 2.45) is 0 Å². The van der Waals surface area contributed by atoms with E-state index in [4.69, 9.17) is 5.11 Å². The number of fused-ring (bicyclic) bond motifs is 1. The minimum atomic E-state index is -0.817. The Morgan fingerprint density at radius 3 is 2.79 bits per heavy atom. The summed E-state index contributed by atoms with van der Waals surface area (Å²) in [5.74, 6) is -0.213. The lowest BCUT2D eigenvalue weighted by molar-refractivity contribution is -0.133. The fourth-order valence-electron chi connectivity index (χ4n) is 3.03. The van der Waals surface area contributed by atoms with Crippen LogP contribution in [0.2, 0.25) is 0 Å². The lowest BCUT2D eigenvalue weighted by atomic mass is 10.0. The maximum absolute atomic E-state index is 12.6. The quantitative estimate of drug-likeness (QED) is 0.840. The number of carbonyl (C=O) groups is 2. The third kappa shape index (κ3) is 3.97. The van der Waals surface area contributed by atoms with Crippen molar-refractivity contribution in [2.45, 2.75) is 25.0 Å². The Hall–Kier alpha value is -2.27. The van der Waals surface area contributed by atoms with E-state index in [-0.39, 0.29) is 11.7 Å². The highest BCUT2D eigenvalue weighted by Gasteiger charge is 2.18. The Kier molecular flexibility index (Phi) is 5.20. The molecule has 0 atom stereocenters. The van der Waals surface area contributed by atoms with Crippen LogP contribution >= 0.6 is 11.8 Å². The minimum Gasteiger partial charge on any atom is -0.481 e. The molecule has 0 spiro atoms. The van der Waals surface area contributed by atoms with Crippen LogP contribution < -0.4 is 5.32 Å². The van der Waals surface area contributed by atoms with Gasteiger partial charge in [-0.2, -0.15) is 0 Å². The third-order valence-electron chi connectivity index (χ3n) is 4.07. The van der Waals surface area contributed by atoms with Crippen LogP contribution in [0.4, 0.5) is 5.69 Å². The number of hydrogen-bond acceptors (Lipinski definition) is 3. The number of carboxylic acids is 1. The zero-order chi connectivity index (χ0) is 16.9. The van der Waals surface area contributed by atoms with E-state index in [0.717, 1.165) is 36.1 Å². The van der Waals surface area contributed by atoms with Gasteiger partial charge in [-0.05, 0) is 54.2 Å². The topological polar surface area (TPSA) is 66.4 Å². The van der Waals surface area contributed by atoms with Crippen molar-refractivity contribution in [1.29, 1.82) is 0 Å². The monoisotopic (exact) mass is 341 g/mol. The second kappa shape index (κ2) is 7.53. The van der Waals surface area contributed by atoms with Crippen molar-refractivity contribution in [1.82, 2.24) is 0 Å². The first kappa shape index (κ1) is 16.6. The molecule has 0 saturated carbocycles. The number of hydrogen-bond donors (Lipinski definition) is 2. The molecule has 3 rings (SSSR count). The molecule has 0 saturated heterocycles. The summed E-state index contributed by atoms with van der Waals surface area (Å²) in [6.45, 7) is 0. The van der Waals surface area contributed by atoms with Crippen LogP contribution in [0.25, 0.3) is 0 Å². The largest absolute Gasteiger partial charge is 0.481 e. The summed E-state index contributed by atoms with van der Waals surface area (Å²) in [7, 11) is 0. The standard InChI is InChI=1S/C19H19NO3S/c21-18(22)12-24-11-13-4-1-7-15(10-13)20-19(23)17-9-3-6-14-5-2-8-16(14)17/h1,3-4,6-7,9-10H,2,5,8,11-12H2,(H,20,23)(H,21,22). The molecule has 0 unspecified atom stereocenters. The normalized spacial score (nSPS) is 12.7. The molecular weight excluding hydrogens is 322 g/mol. The van der Waals surface area contributed by atoms with Crippen LogP contribution in [0.3, 0.4) is 0 Å². The summed E-state index contributed by atoms with van der Waals surface area (Å²) in [5, 5.41) is 11.7. The van der Waals surface area contributed by atoms with Gasteiger partial charge in [-0.1, -0.05) is 24.3 Å². The molecule has 2 N–H and O–H groups in total. The summed E-state index contributed by atoms with van der Waals surface area (Å²) >= 11 is 1.34. The van der Waals surface area contributed by atoms with Crippen LogP contribution in [0, 0.1) is 0 Å². The number of rotatable bonds is 6. The summed E-state index contributed by atoms with van der Waals surface area (Å²) in [6, 6.07) is 13.5. The van der Waals surface area contributed by atoms with Gasteiger partial charge in [-0.15, -0.1) is 11.8 Å². The van der Waals surface area contributed by atoms with Crippen LogP contribution in [0.15, 0.2) is 42.5 Å². The van der Waals surface area contributed by atoms with Crippen molar-refractivity contribution < 1.29 is 14.7 Å². The fraction of sp³-hybridized carbons (Fsp3) is 0.263. The minimum absolute atomic E-state index is 0.0761. The first-order chi connectivity index (χ1) is 11.6. The third-order valence-corrected chi connectivity index (χ3v) is 5.06. The van der Waals surface area contributed by atoms with Gasteiger partial charge < -0.3 is 10.4 Å². The highest BCUT2D eigenvalue weighted by molar-refractivity contribution is 7.99. The molecule has 24 heavy (non-hydrogen) atoms. The molecule has 0 radical (unpaired) electrons. The van der Waals surface area contributed by atoms with Gasteiger partial charge >= 0.3 is 5.97 Å². The first-order valence-electron chi connectivity index (χ1n) is 7.94. The van der Waals surface area contributed by atoms with Gasteiger partial charge in [0.05, 0.1) is 5.75 Å². The SMILES string of the molecule is O=C(O)CSCc1cccc(NC(=O)c2cccc3c2CCC3)c1. The Balaban J connectivity index is 1.69. The molecule has 1 aliphatic rings. The number of carbonyl (C=O) groups excluding carboxylic acids is 1. The highest BCUT2D eigenvalue weighted by atomic mass is 32.2. The first-order valence-corrected chi connectivity index (χ1v) is 9.09. The van der Waals surface area contributed by atoms with Crippen LogP contribution in [0.1, 0.15) is 33.5 Å². The zero-order valence-corrected chi connectivity index (χ0v) is 14.1. The van der Waals surface area contributed by atoms with Gasteiger partial charge in [0.15, 0.2) is 0 Å². The highest BCUT2D eigenvalue weighted by Crippen LogP contribution is 2.26. The fourth-order valence-corrected chi connectivity index (χ4v) is 3.72. The Morgan fingerprint density at radius 2 is 1.96 bits per heavy atom. The van der Waals surface area contributed by atoms with Crippen molar-refractivity contribution in [3.05, 3.63) is 64.7 Å². The predicted octanol–water partition coefficient (Wildman–Crippen LogP) is 3.75. The molecule has 5 heteroatoms. The second-order valence-electron chi connectivity index (χ2n) is 5.84. The van der Waals surface area contributed by atoms with Crippen LogP contribution in [-0.4, -0.2) is 22.7 Å². The molecule has 2 aromatic carbocycles.